The van der Waals surface area contributed by atoms with Gasteiger partial charge in [-0.15, -0.1) is 0 Å². The number of carbonyl (C=O) groups is 3. The fourth-order valence-corrected chi connectivity index (χ4v) is 2.64. The summed E-state index contributed by atoms with van der Waals surface area (Å²) in [6.45, 7) is 3.68. The first kappa shape index (κ1) is 19.7. The van der Waals surface area contributed by atoms with E-state index in [2.05, 4.69) is 5.32 Å². The Morgan fingerprint density at radius 3 is 2.31 bits per heavy atom. The highest BCUT2D eigenvalue weighted by Gasteiger charge is 2.24. The molecule has 0 bridgehead atoms. The van der Waals surface area contributed by atoms with Crippen LogP contribution in [0, 0.1) is 5.82 Å². The van der Waals surface area contributed by atoms with Gasteiger partial charge >= 0.3 is 6.09 Å². The summed E-state index contributed by atoms with van der Waals surface area (Å²) in [6, 6.07) is 5.98. The van der Waals surface area contributed by atoms with Crippen molar-refractivity contribution in [2.24, 2.45) is 0 Å². The van der Waals surface area contributed by atoms with E-state index in [0.29, 0.717) is 39.2 Å². The summed E-state index contributed by atoms with van der Waals surface area (Å²) in [5, 5.41) is 2.61. The van der Waals surface area contributed by atoms with Crippen LogP contribution in [0.3, 0.4) is 0 Å². The number of ether oxygens (including phenoxy) is 1. The van der Waals surface area contributed by atoms with Crippen molar-refractivity contribution in [3.8, 4) is 0 Å². The van der Waals surface area contributed by atoms with Crippen molar-refractivity contribution in [3.05, 3.63) is 35.6 Å². The van der Waals surface area contributed by atoms with E-state index in [9.17, 15) is 18.8 Å². The van der Waals surface area contributed by atoms with Crippen LogP contribution in [0.2, 0.25) is 0 Å². The van der Waals surface area contributed by atoms with Crippen molar-refractivity contribution in [2.75, 3.05) is 39.3 Å². The van der Waals surface area contributed by atoms with Crippen LogP contribution in [0.4, 0.5) is 9.18 Å². The SMILES string of the molecule is CCOC(=O)N1CCN(C(=O)CNC(=O)CCc2ccc(F)cc2)CC1. The van der Waals surface area contributed by atoms with E-state index in [-0.39, 0.29) is 36.7 Å². The third kappa shape index (κ3) is 6.02. The summed E-state index contributed by atoms with van der Waals surface area (Å²) in [5.41, 5.74) is 0.864. The molecule has 1 N–H and O–H groups in total. The maximum atomic E-state index is 12.8. The second-order valence-electron chi connectivity index (χ2n) is 5.97. The third-order valence-corrected chi connectivity index (χ3v) is 4.15. The number of rotatable bonds is 6. The second-order valence-corrected chi connectivity index (χ2v) is 5.97. The van der Waals surface area contributed by atoms with Gasteiger partial charge in [-0.05, 0) is 31.0 Å². The van der Waals surface area contributed by atoms with Crippen molar-refractivity contribution < 1.29 is 23.5 Å². The number of aryl methyl sites for hydroxylation is 1. The van der Waals surface area contributed by atoms with Gasteiger partial charge in [-0.2, -0.15) is 0 Å². The zero-order valence-electron chi connectivity index (χ0n) is 14.9. The van der Waals surface area contributed by atoms with Gasteiger partial charge in [-0.25, -0.2) is 9.18 Å². The fourth-order valence-electron chi connectivity index (χ4n) is 2.64. The van der Waals surface area contributed by atoms with E-state index in [1.54, 1.807) is 28.9 Å². The van der Waals surface area contributed by atoms with Crippen LogP contribution >= 0.6 is 0 Å². The van der Waals surface area contributed by atoms with Gasteiger partial charge in [0.05, 0.1) is 13.2 Å². The molecular formula is C18H24FN3O4. The molecule has 3 amide bonds. The maximum absolute atomic E-state index is 12.8. The minimum Gasteiger partial charge on any atom is -0.450 e. The number of nitrogens with zero attached hydrogens (tertiary/aromatic N) is 2. The Kier molecular flexibility index (Phi) is 7.37. The molecule has 0 aromatic heterocycles. The fraction of sp³-hybridized carbons (Fsp3) is 0.500. The van der Waals surface area contributed by atoms with Gasteiger partial charge in [0.2, 0.25) is 11.8 Å². The first-order valence-corrected chi connectivity index (χ1v) is 8.70. The average Bonchev–Trinajstić information content (AvgIpc) is 2.66. The van der Waals surface area contributed by atoms with Crippen molar-refractivity contribution >= 4 is 17.9 Å². The predicted octanol–water partition coefficient (Wildman–Crippen LogP) is 1.18. The van der Waals surface area contributed by atoms with E-state index < -0.39 is 0 Å². The molecule has 0 unspecified atom stereocenters. The van der Waals surface area contributed by atoms with Gasteiger partial charge in [0.25, 0.3) is 0 Å². The maximum Gasteiger partial charge on any atom is 0.409 e. The van der Waals surface area contributed by atoms with E-state index >= 15 is 0 Å². The van der Waals surface area contributed by atoms with E-state index in [4.69, 9.17) is 4.74 Å². The highest BCUT2D eigenvalue weighted by Crippen LogP contribution is 2.06. The normalized spacial score (nSPS) is 14.1. The van der Waals surface area contributed by atoms with Crippen molar-refractivity contribution in [1.82, 2.24) is 15.1 Å². The zero-order valence-corrected chi connectivity index (χ0v) is 14.9. The Bertz CT molecular complexity index is 628. The number of amides is 3. The number of hydrogen-bond acceptors (Lipinski definition) is 4. The lowest BCUT2D eigenvalue weighted by Crippen LogP contribution is -2.52. The standard InChI is InChI=1S/C18H24FN3O4/c1-2-26-18(25)22-11-9-21(10-12-22)17(24)13-20-16(23)8-5-14-3-6-15(19)7-4-14/h3-4,6-7H,2,5,8-13H2,1H3,(H,20,23). The number of halogens is 1. The molecule has 1 fully saturated rings. The molecule has 1 heterocycles. The number of nitrogens with one attached hydrogen (secondary N) is 1. The van der Waals surface area contributed by atoms with Crippen molar-refractivity contribution in [2.45, 2.75) is 19.8 Å². The molecule has 1 saturated heterocycles. The summed E-state index contributed by atoms with van der Waals surface area (Å²) in [7, 11) is 0. The van der Waals surface area contributed by atoms with Crippen LogP contribution in [0.1, 0.15) is 18.9 Å². The zero-order chi connectivity index (χ0) is 18.9. The predicted molar refractivity (Wildman–Crippen MR) is 92.9 cm³/mol. The minimum atomic E-state index is -0.367. The second kappa shape index (κ2) is 9.74. The molecule has 7 nitrogen and oxygen atoms in total. The summed E-state index contributed by atoms with van der Waals surface area (Å²) in [5.74, 6) is -0.719. The Morgan fingerprint density at radius 1 is 1.08 bits per heavy atom. The lowest BCUT2D eigenvalue weighted by Gasteiger charge is -2.34. The highest BCUT2D eigenvalue weighted by atomic mass is 19.1. The molecule has 1 aliphatic heterocycles. The molecule has 1 aliphatic rings. The highest BCUT2D eigenvalue weighted by molar-refractivity contribution is 5.85. The topological polar surface area (TPSA) is 79.0 Å². The van der Waals surface area contributed by atoms with Gasteiger partial charge in [-0.1, -0.05) is 12.1 Å². The first-order valence-electron chi connectivity index (χ1n) is 8.70. The molecule has 2 rings (SSSR count). The Balaban J connectivity index is 1.66. The molecule has 0 saturated carbocycles. The van der Waals surface area contributed by atoms with Gasteiger partial charge in [-0.3, -0.25) is 9.59 Å². The molecule has 142 valence electrons. The Morgan fingerprint density at radius 2 is 1.69 bits per heavy atom. The smallest absolute Gasteiger partial charge is 0.409 e. The van der Waals surface area contributed by atoms with Crippen molar-refractivity contribution in [3.63, 3.8) is 0 Å². The van der Waals surface area contributed by atoms with E-state index in [1.807, 2.05) is 0 Å². The number of benzene rings is 1. The van der Waals surface area contributed by atoms with Crippen LogP contribution in [0.15, 0.2) is 24.3 Å². The Labute approximate surface area is 152 Å². The quantitative estimate of drug-likeness (QED) is 0.821. The molecule has 1 aromatic carbocycles. The van der Waals surface area contributed by atoms with Gasteiger partial charge in [0.1, 0.15) is 5.82 Å². The number of carbonyl (C=O) groups excluding carboxylic acids is 3. The summed E-state index contributed by atoms with van der Waals surface area (Å²) in [4.78, 5) is 38.8. The van der Waals surface area contributed by atoms with Crippen molar-refractivity contribution in [1.29, 1.82) is 0 Å². The third-order valence-electron chi connectivity index (χ3n) is 4.15. The molecular weight excluding hydrogens is 341 g/mol. The largest absolute Gasteiger partial charge is 0.450 e. The molecule has 0 spiro atoms. The lowest BCUT2D eigenvalue weighted by atomic mass is 10.1. The number of piperazine rings is 1. The first-order chi connectivity index (χ1) is 12.5. The molecule has 0 aliphatic carbocycles. The van der Waals surface area contributed by atoms with E-state index in [1.165, 1.54) is 12.1 Å². The molecule has 1 aromatic rings. The number of hydrogen-bond donors (Lipinski definition) is 1. The van der Waals surface area contributed by atoms with Gasteiger partial charge in [0.15, 0.2) is 0 Å². The van der Waals surface area contributed by atoms with Crippen LogP contribution < -0.4 is 5.32 Å². The minimum absolute atomic E-state index is 0.0678. The Hall–Kier alpha value is -2.64. The van der Waals surface area contributed by atoms with Crippen LogP contribution in [-0.4, -0.2) is 67.0 Å². The molecule has 0 atom stereocenters. The van der Waals surface area contributed by atoms with Crippen LogP contribution in [0.25, 0.3) is 0 Å². The van der Waals surface area contributed by atoms with Gasteiger partial charge < -0.3 is 19.9 Å². The van der Waals surface area contributed by atoms with Crippen LogP contribution in [0.5, 0.6) is 0 Å². The molecule has 26 heavy (non-hydrogen) atoms. The molecule has 0 radical (unpaired) electrons. The molecule has 8 heteroatoms. The monoisotopic (exact) mass is 365 g/mol. The summed E-state index contributed by atoms with van der Waals surface area (Å²) >= 11 is 0. The summed E-state index contributed by atoms with van der Waals surface area (Å²) in [6.07, 6.45) is 0.349. The van der Waals surface area contributed by atoms with Gasteiger partial charge in [0, 0.05) is 32.6 Å². The lowest BCUT2D eigenvalue weighted by molar-refractivity contribution is -0.134. The van der Waals surface area contributed by atoms with Crippen LogP contribution in [-0.2, 0) is 20.7 Å². The van der Waals surface area contributed by atoms with E-state index in [0.717, 1.165) is 5.56 Å². The average molecular weight is 365 g/mol. The summed E-state index contributed by atoms with van der Waals surface area (Å²) < 4.78 is 17.8.